The van der Waals surface area contributed by atoms with E-state index in [0.717, 1.165) is 11.0 Å². The largest absolute Gasteiger partial charge is 0.394 e. The van der Waals surface area contributed by atoms with Crippen LogP contribution in [0.25, 0.3) is 22.2 Å². The van der Waals surface area contributed by atoms with Crippen molar-refractivity contribution in [1.82, 2.24) is 39.5 Å². The molecule has 2 unspecified atom stereocenters. The smallest absolute Gasteiger partial charge is 0.386 e. The number of nitrogens with one attached hydrogen (secondary N) is 2. The molecule has 22 heteroatoms. The molecular weight excluding hydrogens is 611 g/mol. The van der Waals surface area contributed by atoms with Gasteiger partial charge in [-0.05, 0) is 6.07 Å². The number of halogens is 2. The second-order valence-electron chi connectivity index (χ2n) is 9.38. The number of thiol groups is 1. The van der Waals surface area contributed by atoms with Crippen LogP contribution in [0.4, 0.5) is 14.7 Å². The van der Waals surface area contributed by atoms with Crippen molar-refractivity contribution in [2.75, 3.05) is 18.9 Å². The molecule has 226 valence electrons. The molecule has 4 aromatic rings. The summed E-state index contributed by atoms with van der Waals surface area (Å²) < 4.78 is 67.2. The van der Waals surface area contributed by atoms with Gasteiger partial charge in [0.2, 0.25) is 5.95 Å². The molecule has 6 rings (SSSR count). The lowest BCUT2D eigenvalue weighted by atomic mass is 10.1. The number of nitrogens with zero attached hydrogens (tertiary/aromatic N) is 6. The summed E-state index contributed by atoms with van der Waals surface area (Å²) in [4.78, 5) is 36.6. The maximum absolute atomic E-state index is 15.3. The van der Waals surface area contributed by atoms with Crippen LogP contribution in [0.1, 0.15) is 12.5 Å². The first-order chi connectivity index (χ1) is 20.0. The van der Waals surface area contributed by atoms with Gasteiger partial charge in [0, 0.05) is 6.20 Å². The van der Waals surface area contributed by atoms with Gasteiger partial charge in [0.15, 0.2) is 36.0 Å². The van der Waals surface area contributed by atoms with Crippen molar-refractivity contribution in [2.24, 2.45) is 0 Å². The quantitative estimate of drug-likeness (QED) is 0.102. The summed E-state index contributed by atoms with van der Waals surface area (Å²) in [7, 11) is 0. The van der Waals surface area contributed by atoms with Crippen molar-refractivity contribution < 1.29 is 42.1 Å². The Bertz CT molecular complexity index is 1800. The van der Waals surface area contributed by atoms with Gasteiger partial charge in [-0.25, -0.2) is 18.3 Å². The maximum Gasteiger partial charge on any atom is 0.386 e. The second-order valence-corrected chi connectivity index (χ2v) is 12.3. The number of ether oxygens (including phenoxy) is 2. The lowest BCUT2D eigenvalue weighted by Gasteiger charge is -2.24. The first kappa shape index (κ1) is 28.8. The van der Waals surface area contributed by atoms with Crippen LogP contribution in [0, 0.1) is 0 Å². The summed E-state index contributed by atoms with van der Waals surface area (Å²) in [6, 6.07) is 1.40. The van der Waals surface area contributed by atoms with Gasteiger partial charge in [-0.15, -0.1) is 5.10 Å². The number of aliphatic hydroxyl groups is 2. The number of rotatable bonds is 8. The molecule has 0 radical (unpaired) electrons. The molecule has 0 saturated carbocycles. The zero-order valence-corrected chi connectivity index (χ0v) is 22.7. The Kier molecular flexibility index (Phi) is 7.38. The molecule has 2 saturated heterocycles. The molecule has 42 heavy (non-hydrogen) atoms. The van der Waals surface area contributed by atoms with E-state index in [9.17, 15) is 24.4 Å². The molecule has 4 aromatic heterocycles. The van der Waals surface area contributed by atoms with Crippen LogP contribution in [-0.4, -0.2) is 99.7 Å². The van der Waals surface area contributed by atoms with E-state index in [1.165, 1.54) is 16.8 Å². The van der Waals surface area contributed by atoms with Gasteiger partial charge in [-0.2, -0.15) is 9.67 Å². The standard InChI is InChI=1S/C20H22F2N9O9PS/c21-9-7(3-32)38-19(31-15-11(28-29-31)17(35)27-20(23)26-15)13(9)40-41(36,42)37-4-8-12(33)10(22)18(39-8)30-2-1-6-14(30)24-5-25-16(6)34/h1-2,5,7-10,12-13,18-19,32-33H,3-4H2,(H,36,42)(H,24,25,34)(H3,23,26,27,35)/t7-,8?,9+,10+,12-,13-,18-,19-,41?/m1/s1. The predicted molar refractivity (Wildman–Crippen MR) is 139 cm³/mol. The topological polar surface area (TPSA) is 248 Å². The number of aliphatic hydroxyl groups excluding tert-OH is 2. The number of aromatic nitrogens is 8. The zero-order chi connectivity index (χ0) is 29.9. The van der Waals surface area contributed by atoms with Crippen LogP contribution in [0.3, 0.4) is 0 Å². The fourth-order valence-electron chi connectivity index (χ4n) is 4.78. The van der Waals surface area contributed by atoms with Crippen LogP contribution >= 0.6 is 19.0 Å². The summed E-state index contributed by atoms with van der Waals surface area (Å²) in [6.45, 7) is -6.05. The monoisotopic (exact) mass is 633 g/mol. The SMILES string of the molecule is Nc1nc2c(nnn2[C@@H]2O[C@H](CO)[C@H](F)[C@H]2OP(=O)(S)OCC2O[C@@H](n3ccc4c(=O)[nH]cnc43)[C@@H](F)[C@@H]2O)c(=O)[nH]1. The third kappa shape index (κ3) is 4.90. The van der Waals surface area contributed by atoms with E-state index in [4.69, 9.17) is 24.3 Å². The molecule has 0 spiro atoms. The first-order valence-electron chi connectivity index (χ1n) is 12.2. The number of nitrogens with two attached hydrogens (primary N) is 1. The van der Waals surface area contributed by atoms with Gasteiger partial charge in [-0.1, -0.05) is 17.5 Å². The Balaban J connectivity index is 1.19. The highest BCUT2D eigenvalue weighted by molar-refractivity contribution is 8.44. The number of hydrogen-bond donors (Lipinski definition) is 6. The van der Waals surface area contributed by atoms with Crippen LogP contribution < -0.4 is 16.9 Å². The van der Waals surface area contributed by atoms with Crippen molar-refractivity contribution in [2.45, 2.75) is 49.2 Å². The Morgan fingerprint density at radius 3 is 2.69 bits per heavy atom. The zero-order valence-electron chi connectivity index (χ0n) is 20.9. The average molecular weight is 633 g/mol. The molecule has 6 N–H and O–H groups in total. The Hall–Kier alpha value is -3.30. The summed E-state index contributed by atoms with van der Waals surface area (Å²) in [5.74, 6) is -0.305. The minimum absolute atomic E-state index is 0.0990. The minimum Gasteiger partial charge on any atom is -0.394 e. The van der Waals surface area contributed by atoms with Crippen molar-refractivity contribution >= 4 is 47.2 Å². The van der Waals surface area contributed by atoms with E-state index in [-0.39, 0.29) is 28.1 Å². The molecule has 2 aliphatic heterocycles. The molecule has 18 nitrogen and oxygen atoms in total. The predicted octanol–water partition coefficient (Wildman–Crippen LogP) is -0.901. The number of H-pyrrole nitrogens is 2. The normalized spacial score (nSPS) is 31.3. The van der Waals surface area contributed by atoms with Crippen LogP contribution in [0.15, 0.2) is 28.2 Å². The minimum atomic E-state index is -4.52. The molecule has 0 aromatic carbocycles. The average Bonchev–Trinajstić information content (AvgIpc) is 3.69. The molecule has 2 fully saturated rings. The lowest BCUT2D eigenvalue weighted by Crippen LogP contribution is -2.33. The van der Waals surface area contributed by atoms with Gasteiger partial charge in [0.1, 0.15) is 30.1 Å². The maximum atomic E-state index is 15.3. The van der Waals surface area contributed by atoms with E-state index in [1.54, 1.807) is 0 Å². The third-order valence-corrected chi connectivity index (χ3v) is 8.39. The fourth-order valence-corrected chi connectivity index (χ4v) is 6.24. The highest BCUT2D eigenvalue weighted by atomic mass is 32.7. The van der Waals surface area contributed by atoms with Gasteiger partial charge < -0.3 is 35.0 Å². The van der Waals surface area contributed by atoms with Crippen LogP contribution in [-0.2, 0) is 23.1 Å². The summed E-state index contributed by atoms with van der Waals surface area (Å²) in [5, 5.41) is 27.6. The number of fused-ring (bicyclic) bond motifs is 2. The van der Waals surface area contributed by atoms with Crippen molar-refractivity contribution in [3.63, 3.8) is 0 Å². The summed E-state index contributed by atoms with van der Waals surface area (Å²) in [5.41, 5.74) is 4.00. The van der Waals surface area contributed by atoms with Gasteiger partial charge in [0.25, 0.3) is 11.1 Å². The van der Waals surface area contributed by atoms with Gasteiger partial charge in [0.05, 0.1) is 24.9 Å². The molecule has 9 atom stereocenters. The Morgan fingerprint density at radius 1 is 1.17 bits per heavy atom. The molecule has 0 bridgehead atoms. The number of aromatic amines is 2. The fraction of sp³-hybridized carbons (Fsp3) is 0.500. The lowest BCUT2D eigenvalue weighted by molar-refractivity contribution is -0.0576. The molecule has 0 amide bonds. The van der Waals surface area contributed by atoms with Gasteiger partial charge in [-0.3, -0.25) is 23.6 Å². The molecule has 2 aliphatic rings. The Labute approximate surface area is 236 Å². The highest BCUT2D eigenvalue weighted by Gasteiger charge is 2.51. The van der Waals surface area contributed by atoms with E-state index >= 15 is 8.78 Å². The van der Waals surface area contributed by atoms with Crippen molar-refractivity contribution in [1.29, 1.82) is 0 Å². The molecular formula is C20H22F2N9O9PS. The Morgan fingerprint density at radius 2 is 1.93 bits per heavy atom. The number of hydrogen-bond acceptors (Lipinski definition) is 14. The van der Waals surface area contributed by atoms with E-state index in [1.807, 2.05) is 0 Å². The first-order valence-corrected chi connectivity index (χ1v) is 14.9. The number of alkyl halides is 2. The van der Waals surface area contributed by atoms with E-state index < -0.39 is 80.3 Å². The third-order valence-electron chi connectivity index (χ3n) is 6.78. The summed E-state index contributed by atoms with van der Waals surface area (Å²) >= 11 is 3.88. The van der Waals surface area contributed by atoms with Crippen LogP contribution in [0.2, 0.25) is 0 Å². The number of nitrogen functional groups attached to an aromatic ring is 1. The van der Waals surface area contributed by atoms with Crippen LogP contribution in [0.5, 0.6) is 0 Å². The van der Waals surface area contributed by atoms with Gasteiger partial charge >= 0.3 is 6.80 Å². The number of anilines is 1. The second kappa shape index (κ2) is 10.8. The summed E-state index contributed by atoms with van der Waals surface area (Å²) in [6.07, 6.45) is -11.0. The van der Waals surface area contributed by atoms with Crippen molar-refractivity contribution in [3.05, 3.63) is 39.3 Å². The van der Waals surface area contributed by atoms with E-state index in [0.29, 0.717) is 0 Å². The highest BCUT2D eigenvalue weighted by Crippen LogP contribution is 2.57. The van der Waals surface area contributed by atoms with E-state index in [2.05, 4.69) is 42.5 Å². The molecule has 6 heterocycles. The molecule has 0 aliphatic carbocycles. The van der Waals surface area contributed by atoms with Crippen molar-refractivity contribution in [3.8, 4) is 0 Å².